The van der Waals surface area contributed by atoms with Gasteiger partial charge in [-0.05, 0) is 37.0 Å². The van der Waals surface area contributed by atoms with Gasteiger partial charge in [-0.3, -0.25) is 0 Å². The van der Waals surface area contributed by atoms with Crippen molar-refractivity contribution in [1.82, 2.24) is 0 Å². The summed E-state index contributed by atoms with van der Waals surface area (Å²) in [4.78, 5) is 0. The minimum atomic E-state index is 0.00210. The highest BCUT2D eigenvalue weighted by Gasteiger charge is 2.38. The Labute approximate surface area is 104 Å². The standard InChI is InChI=1S/C12H16BrNO2/c1-15-10-5-8(7-12(14)3-4-12)9(13)6-11(10)16-2/h5-6H,3-4,7,14H2,1-2H3. The molecule has 0 aliphatic heterocycles. The third-order valence-electron chi connectivity index (χ3n) is 2.99. The van der Waals surface area contributed by atoms with Crippen molar-refractivity contribution in [2.24, 2.45) is 5.73 Å². The maximum absolute atomic E-state index is 6.12. The average Bonchev–Trinajstić information content (AvgIpc) is 2.99. The third kappa shape index (κ3) is 2.33. The monoisotopic (exact) mass is 285 g/mol. The van der Waals surface area contributed by atoms with E-state index in [4.69, 9.17) is 15.2 Å². The lowest BCUT2D eigenvalue weighted by Gasteiger charge is -2.14. The van der Waals surface area contributed by atoms with Gasteiger partial charge < -0.3 is 15.2 Å². The van der Waals surface area contributed by atoms with Gasteiger partial charge in [0.25, 0.3) is 0 Å². The molecule has 0 bridgehead atoms. The van der Waals surface area contributed by atoms with Crippen LogP contribution in [0, 0.1) is 0 Å². The van der Waals surface area contributed by atoms with Crippen molar-refractivity contribution in [2.45, 2.75) is 24.8 Å². The molecule has 0 unspecified atom stereocenters. The molecule has 1 saturated carbocycles. The summed E-state index contributed by atoms with van der Waals surface area (Å²) in [5.74, 6) is 1.49. The van der Waals surface area contributed by atoms with Crippen molar-refractivity contribution >= 4 is 15.9 Å². The van der Waals surface area contributed by atoms with Crippen molar-refractivity contribution < 1.29 is 9.47 Å². The zero-order chi connectivity index (χ0) is 11.8. The molecule has 0 spiro atoms. The average molecular weight is 286 g/mol. The summed E-state index contributed by atoms with van der Waals surface area (Å²) in [6.07, 6.45) is 3.09. The molecule has 3 nitrogen and oxygen atoms in total. The summed E-state index contributed by atoms with van der Waals surface area (Å²) < 4.78 is 11.5. The van der Waals surface area contributed by atoms with Crippen LogP contribution in [0.25, 0.3) is 0 Å². The highest BCUT2D eigenvalue weighted by molar-refractivity contribution is 9.10. The summed E-state index contributed by atoms with van der Waals surface area (Å²) >= 11 is 3.54. The maximum Gasteiger partial charge on any atom is 0.161 e. The molecular weight excluding hydrogens is 270 g/mol. The Morgan fingerprint density at radius 3 is 2.31 bits per heavy atom. The van der Waals surface area contributed by atoms with Gasteiger partial charge in [0.2, 0.25) is 0 Å². The molecular formula is C12H16BrNO2. The highest BCUT2D eigenvalue weighted by atomic mass is 79.9. The van der Waals surface area contributed by atoms with Crippen LogP contribution in [-0.4, -0.2) is 19.8 Å². The lowest BCUT2D eigenvalue weighted by atomic mass is 10.0. The second kappa shape index (κ2) is 4.26. The lowest BCUT2D eigenvalue weighted by molar-refractivity contribution is 0.354. The topological polar surface area (TPSA) is 44.5 Å². The zero-order valence-electron chi connectivity index (χ0n) is 9.55. The van der Waals surface area contributed by atoms with Crippen LogP contribution in [0.15, 0.2) is 16.6 Å². The van der Waals surface area contributed by atoms with Crippen molar-refractivity contribution in [3.63, 3.8) is 0 Å². The fraction of sp³-hybridized carbons (Fsp3) is 0.500. The van der Waals surface area contributed by atoms with E-state index in [9.17, 15) is 0 Å². The lowest BCUT2D eigenvalue weighted by Crippen LogP contribution is -2.24. The molecule has 0 aromatic heterocycles. The normalized spacial score (nSPS) is 17.0. The molecule has 0 amide bonds. The van der Waals surface area contributed by atoms with E-state index in [0.29, 0.717) is 0 Å². The molecule has 1 fully saturated rings. The van der Waals surface area contributed by atoms with E-state index in [1.165, 1.54) is 5.56 Å². The first-order chi connectivity index (χ1) is 7.58. The minimum Gasteiger partial charge on any atom is -0.493 e. The van der Waals surface area contributed by atoms with Crippen LogP contribution in [0.2, 0.25) is 0 Å². The van der Waals surface area contributed by atoms with Gasteiger partial charge in [0.1, 0.15) is 0 Å². The van der Waals surface area contributed by atoms with Crippen molar-refractivity contribution in [3.8, 4) is 11.5 Å². The van der Waals surface area contributed by atoms with Crippen LogP contribution >= 0.6 is 15.9 Å². The first kappa shape index (κ1) is 11.7. The fourth-order valence-corrected chi connectivity index (χ4v) is 2.21. The molecule has 1 aromatic carbocycles. The Balaban J connectivity index is 2.30. The molecule has 0 heterocycles. The summed E-state index contributed by atoms with van der Waals surface area (Å²) in [7, 11) is 3.28. The zero-order valence-corrected chi connectivity index (χ0v) is 11.1. The maximum atomic E-state index is 6.12. The van der Waals surface area contributed by atoms with Gasteiger partial charge in [-0.2, -0.15) is 0 Å². The Bertz CT molecular complexity index is 402. The molecule has 2 N–H and O–H groups in total. The number of hydrogen-bond acceptors (Lipinski definition) is 3. The number of nitrogens with two attached hydrogens (primary N) is 1. The van der Waals surface area contributed by atoms with Crippen LogP contribution in [0.1, 0.15) is 18.4 Å². The van der Waals surface area contributed by atoms with Crippen LogP contribution in [0.4, 0.5) is 0 Å². The van der Waals surface area contributed by atoms with Gasteiger partial charge >= 0.3 is 0 Å². The van der Waals surface area contributed by atoms with Crippen molar-refractivity contribution in [2.75, 3.05) is 14.2 Å². The third-order valence-corrected chi connectivity index (χ3v) is 3.73. The molecule has 0 atom stereocenters. The molecule has 1 aliphatic rings. The van der Waals surface area contributed by atoms with Gasteiger partial charge in [0.15, 0.2) is 11.5 Å². The number of rotatable bonds is 4. The largest absolute Gasteiger partial charge is 0.493 e. The van der Waals surface area contributed by atoms with E-state index in [2.05, 4.69) is 15.9 Å². The number of halogens is 1. The second-order valence-electron chi connectivity index (χ2n) is 4.34. The van der Waals surface area contributed by atoms with Gasteiger partial charge in [0, 0.05) is 10.0 Å². The Hall–Kier alpha value is -0.740. The summed E-state index contributed by atoms with van der Waals surface area (Å²) in [6, 6.07) is 3.93. The predicted molar refractivity (Wildman–Crippen MR) is 67.1 cm³/mol. The van der Waals surface area contributed by atoms with Crippen molar-refractivity contribution in [1.29, 1.82) is 0 Å². The van der Waals surface area contributed by atoms with Gasteiger partial charge in [0.05, 0.1) is 14.2 Å². The van der Waals surface area contributed by atoms with E-state index < -0.39 is 0 Å². The number of benzene rings is 1. The molecule has 0 saturated heterocycles. The number of methoxy groups -OCH3 is 2. The predicted octanol–water partition coefficient (Wildman–Crippen LogP) is 2.50. The summed E-state index contributed by atoms with van der Waals surface area (Å²) in [5.41, 5.74) is 7.30. The van der Waals surface area contributed by atoms with Crippen LogP contribution in [0.3, 0.4) is 0 Å². The van der Waals surface area contributed by atoms with E-state index in [1.54, 1.807) is 14.2 Å². The van der Waals surface area contributed by atoms with Crippen LogP contribution in [0.5, 0.6) is 11.5 Å². The molecule has 16 heavy (non-hydrogen) atoms. The Morgan fingerprint density at radius 2 is 1.81 bits per heavy atom. The molecule has 4 heteroatoms. The highest BCUT2D eigenvalue weighted by Crippen LogP contribution is 2.40. The smallest absolute Gasteiger partial charge is 0.161 e. The van der Waals surface area contributed by atoms with E-state index in [1.807, 2.05) is 12.1 Å². The minimum absolute atomic E-state index is 0.00210. The van der Waals surface area contributed by atoms with Gasteiger partial charge in [-0.1, -0.05) is 15.9 Å². The van der Waals surface area contributed by atoms with E-state index in [0.717, 1.165) is 35.2 Å². The summed E-state index contributed by atoms with van der Waals surface area (Å²) in [6.45, 7) is 0. The van der Waals surface area contributed by atoms with Crippen molar-refractivity contribution in [3.05, 3.63) is 22.2 Å². The van der Waals surface area contributed by atoms with E-state index >= 15 is 0 Å². The first-order valence-electron chi connectivity index (χ1n) is 5.27. The fourth-order valence-electron chi connectivity index (χ4n) is 1.75. The van der Waals surface area contributed by atoms with Gasteiger partial charge in [-0.15, -0.1) is 0 Å². The van der Waals surface area contributed by atoms with Gasteiger partial charge in [-0.25, -0.2) is 0 Å². The second-order valence-corrected chi connectivity index (χ2v) is 5.19. The number of hydrogen-bond donors (Lipinski definition) is 1. The Morgan fingerprint density at radius 1 is 1.25 bits per heavy atom. The first-order valence-corrected chi connectivity index (χ1v) is 6.06. The quantitative estimate of drug-likeness (QED) is 0.925. The molecule has 88 valence electrons. The molecule has 1 aromatic rings. The van der Waals surface area contributed by atoms with E-state index in [-0.39, 0.29) is 5.54 Å². The van der Waals surface area contributed by atoms with Crippen LogP contribution in [-0.2, 0) is 6.42 Å². The number of ether oxygens (including phenoxy) is 2. The molecule has 1 aliphatic carbocycles. The molecule has 2 rings (SSSR count). The SMILES string of the molecule is COc1cc(Br)c(CC2(N)CC2)cc1OC. The molecule has 0 radical (unpaired) electrons. The summed E-state index contributed by atoms with van der Waals surface area (Å²) in [5, 5.41) is 0. The van der Waals surface area contributed by atoms with Crippen LogP contribution < -0.4 is 15.2 Å². The Kier molecular flexibility index (Phi) is 3.13.